The van der Waals surface area contributed by atoms with Crippen LogP contribution in [0, 0.1) is 0 Å². The highest BCUT2D eigenvalue weighted by Crippen LogP contribution is 2.29. The molecule has 1 aliphatic carbocycles. The Balaban J connectivity index is 1.84. The van der Waals surface area contributed by atoms with Crippen LogP contribution in [0.5, 0.6) is 5.75 Å². The van der Waals surface area contributed by atoms with E-state index in [9.17, 15) is 0 Å². The zero-order chi connectivity index (χ0) is 13.8. The lowest BCUT2D eigenvalue weighted by Crippen LogP contribution is -2.45. The molecule has 0 heterocycles. The van der Waals surface area contributed by atoms with Gasteiger partial charge in [0.15, 0.2) is 0 Å². The fourth-order valence-electron chi connectivity index (χ4n) is 3.20. The summed E-state index contributed by atoms with van der Waals surface area (Å²) in [6.07, 6.45) is 5.27. The molecule has 1 fully saturated rings. The van der Waals surface area contributed by atoms with Gasteiger partial charge in [-0.05, 0) is 37.3 Å². The molecular weight excluding hydrogens is 246 g/mol. The van der Waals surface area contributed by atoms with Gasteiger partial charge in [-0.25, -0.2) is 0 Å². The number of ether oxygens (including phenoxy) is 1. The number of benzene rings is 2. The number of nitrogens with one attached hydrogen (secondary N) is 1. The number of hydrogen-bond acceptors (Lipinski definition) is 2. The third-order valence-corrected chi connectivity index (χ3v) is 4.20. The molecule has 1 saturated carbocycles. The van der Waals surface area contributed by atoms with Crippen molar-refractivity contribution in [1.29, 1.82) is 0 Å². The molecule has 1 N–H and O–H groups in total. The van der Waals surface area contributed by atoms with Crippen LogP contribution in [-0.2, 0) is 0 Å². The molecule has 1 aliphatic rings. The molecule has 2 nitrogen and oxygen atoms in total. The molecule has 2 heteroatoms. The molecule has 2 aromatic carbocycles. The van der Waals surface area contributed by atoms with E-state index in [0.29, 0.717) is 12.1 Å². The number of likely N-dealkylation sites (N-methyl/N-ethyl adjacent to an activating group) is 1. The van der Waals surface area contributed by atoms with E-state index in [2.05, 4.69) is 54.7 Å². The van der Waals surface area contributed by atoms with Crippen LogP contribution in [0.25, 0.3) is 10.8 Å². The molecular formula is C18H23NO. The Morgan fingerprint density at radius 1 is 1.05 bits per heavy atom. The Labute approximate surface area is 121 Å². The van der Waals surface area contributed by atoms with Crippen LogP contribution < -0.4 is 10.1 Å². The van der Waals surface area contributed by atoms with E-state index in [1.807, 2.05) is 0 Å². The first-order valence-electron chi connectivity index (χ1n) is 7.76. The van der Waals surface area contributed by atoms with Crippen molar-refractivity contribution in [3.63, 3.8) is 0 Å². The van der Waals surface area contributed by atoms with Gasteiger partial charge in [0, 0.05) is 11.4 Å². The van der Waals surface area contributed by atoms with Crippen molar-refractivity contribution in [1.82, 2.24) is 5.32 Å². The standard InChI is InChI=1S/C18H23NO/c1-2-19-16-11-5-6-12-18(16)20-17-13-7-9-14-8-3-4-10-15(14)17/h3-4,7-10,13,16,18-19H,2,5-6,11-12H2,1H3. The van der Waals surface area contributed by atoms with E-state index in [1.54, 1.807) is 0 Å². The molecule has 0 radical (unpaired) electrons. The lowest BCUT2D eigenvalue weighted by Gasteiger charge is -2.32. The van der Waals surface area contributed by atoms with Gasteiger partial charge >= 0.3 is 0 Å². The normalized spacial score (nSPS) is 22.9. The average Bonchev–Trinajstić information content (AvgIpc) is 2.50. The van der Waals surface area contributed by atoms with Crippen LogP contribution in [0.4, 0.5) is 0 Å². The summed E-state index contributed by atoms with van der Waals surface area (Å²) >= 11 is 0. The highest BCUT2D eigenvalue weighted by atomic mass is 16.5. The van der Waals surface area contributed by atoms with Crippen LogP contribution in [0.15, 0.2) is 42.5 Å². The van der Waals surface area contributed by atoms with E-state index < -0.39 is 0 Å². The largest absolute Gasteiger partial charge is 0.488 e. The fraction of sp³-hybridized carbons (Fsp3) is 0.444. The second-order valence-corrected chi connectivity index (χ2v) is 5.58. The summed E-state index contributed by atoms with van der Waals surface area (Å²) in [5.41, 5.74) is 0. The first kappa shape index (κ1) is 13.4. The van der Waals surface area contributed by atoms with Crippen molar-refractivity contribution in [3.05, 3.63) is 42.5 Å². The van der Waals surface area contributed by atoms with Gasteiger partial charge in [-0.2, -0.15) is 0 Å². The Morgan fingerprint density at radius 2 is 1.85 bits per heavy atom. The van der Waals surface area contributed by atoms with E-state index in [0.717, 1.165) is 18.7 Å². The maximum absolute atomic E-state index is 6.37. The van der Waals surface area contributed by atoms with Crippen molar-refractivity contribution in [3.8, 4) is 5.75 Å². The van der Waals surface area contributed by atoms with Crippen molar-refractivity contribution < 1.29 is 4.74 Å². The SMILES string of the molecule is CCNC1CCCCC1Oc1cccc2ccccc12. The van der Waals surface area contributed by atoms with Gasteiger partial charge in [0.25, 0.3) is 0 Å². The van der Waals surface area contributed by atoms with Gasteiger partial charge < -0.3 is 10.1 Å². The minimum Gasteiger partial charge on any atom is -0.488 e. The maximum atomic E-state index is 6.37. The molecule has 3 rings (SSSR count). The van der Waals surface area contributed by atoms with Crippen molar-refractivity contribution >= 4 is 10.8 Å². The van der Waals surface area contributed by atoms with Crippen LogP contribution in [0.2, 0.25) is 0 Å². The van der Waals surface area contributed by atoms with Crippen LogP contribution in [-0.4, -0.2) is 18.7 Å². The smallest absolute Gasteiger partial charge is 0.127 e. The van der Waals surface area contributed by atoms with Crippen LogP contribution in [0.3, 0.4) is 0 Å². The molecule has 2 aromatic rings. The summed E-state index contributed by atoms with van der Waals surface area (Å²) in [7, 11) is 0. The highest BCUT2D eigenvalue weighted by molar-refractivity contribution is 5.88. The summed E-state index contributed by atoms with van der Waals surface area (Å²) in [6.45, 7) is 3.18. The van der Waals surface area contributed by atoms with Gasteiger partial charge in [-0.15, -0.1) is 0 Å². The molecule has 0 bridgehead atoms. The van der Waals surface area contributed by atoms with Crippen molar-refractivity contribution in [2.24, 2.45) is 0 Å². The highest BCUT2D eigenvalue weighted by Gasteiger charge is 2.26. The van der Waals surface area contributed by atoms with E-state index in [4.69, 9.17) is 4.74 Å². The maximum Gasteiger partial charge on any atom is 0.127 e. The molecule has 2 atom stereocenters. The van der Waals surface area contributed by atoms with Gasteiger partial charge in [-0.3, -0.25) is 0 Å². The van der Waals surface area contributed by atoms with E-state index in [-0.39, 0.29) is 0 Å². The quantitative estimate of drug-likeness (QED) is 0.900. The average molecular weight is 269 g/mol. The minimum atomic E-state index is 0.300. The fourth-order valence-corrected chi connectivity index (χ4v) is 3.20. The first-order chi connectivity index (χ1) is 9.88. The van der Waals surface area contributed by atoms with Crippen molar-refractivity contribution in [2.45, 2.75) is 44.8 Å². The summed E-state index contributed by atoms with van der Waals surface area (Å²) in [6, 6.07) is 15.3. The monoisotopic (exact) mass is 269 g/mol. The first-order valence-corrected chi connectivity index (χ1v) is 7.76. The molecule has 20 heavy (non-hydrogen) atoms. The zero-order valence-electron chi connectivity index (χ0n) is 12.1. The van der Waals surface area contributed by atoms with E-state index >= 15 is 0 Å². The molecule has 2 unspecified atom stereocenters. The van der Waals surface area contributed by atoms with Gasteiger partial charge in [0.1, 0.15) is 11.9 Å². The van der Waals surface area contributed by atoms with Gasteiger partial charge in [0.2, 0.25) is 0 Å². The van der Waals surface area contributed by atoms with Gasteiger partial charge in [-0.1, -0.05) is 49.7 Å². The van der Waals surface area contributed by atoms with Crippen molar-refractivity contribution in [2.75, 3.05) is 6.54 Å². The predicted molar refractivity (Wildman–Crippen MR) is 84.3 cm³/mol. The topological polar surface area (TPSA) is 21.3 Å². The number of hydrogen-bond donors (Lipinski definition) is 1. The van der Waals surface area contributed by atoms with E-state index in [1.165, 1.54) is 30.0 Å². The van der Waals surface area contributed by atoms with Gasteiger partial charge in [0.05, 0.1) is 0 Å². The molecule has 0 amide bonds. The summed E-state index contributed by atoms with van der Waals surface area (Å²) < 4.78 is 6.37. The Kier molecular flexibility index (Phi) is 4.22. The molecule has 106 valence electrons. The second-order valence-electron chi connectivity index (χ2n) is 5.58. The Bertz CT molecular complexity index is 559. The Morgan fingerprint density at radius 3 is 2.75 bits per heavy atom. The number of fused-ring (bicyclic) bond motifs is 1. The molecule has 0 saturated heterocycles. The molecule has 0 aromatic heterocycles. The minimum absolute atomic E-state index is 0.300. The third kappa shape index (κ3) is 2.80. The second kappa shape index (κ2) is 6.27. The molecule has 0 aliphatic heterocycles. The lowest BCUT2D eigenvalue weighted by atomic mass is 9.92. The summed E-state index contributed by atoms with van der Waals surface area (Å²) in [5.74, 6) is 1.03. The summed E-state index contributed by atoms with van der Waals surface area (Å²) in [4.78, 5) is 0. The lowest BCUT2D eigenvalue weighted by molar-refractivity contribution is 0.116. The third-order valence-electron chi connectivity index (χ3n) is 4.20. The summed E-state index contributed by atoms with van der Waals surface area (Å²) in [5, 5.41) is 6.05. The van der Waals surface area contributed by atoms with Crippen LogP contribution >= 0.6 is 0 Å². The zero-order valence-corrected chi connectivity index (χ0v) is 12.1. The Hall–Kier alpha value is -1.54. The predicted octanol–water partition coefficient (Wildman–Crippen LogP) is 4.14. The number of rotatable bonds is 4. The molecule has 0 spiro atoms. The van der Waals surface area contributed by atoms with Crippen LogP contribution in [0.1, 0.15) is 32.6 Å².